The minimum Gasteiger partial charge on any atom is -0.481 e. The molecule has 5 heteroatoms. The van der Waals surface area contributed by atoms with Gasteiger partial charge in [0.25, 0.3) is 0 Å². The zero-order valence-corrected chi connectivity index (χ0v) is 12.1. The van der Waals surface area contributed by atoms with Crippen molar-refractivity contribution in [3.63, 3.8) is 0 Å². The van der Waals surface area contributed by atoms with E-state index >= 15 is 0 Å². The average Bonchev–Trinajstić information content (AvgIpc) is 2.92. The number of carbonyl (C=O) groups excluding carboxylic acids is 1. The summed E-state index contributed by atoms with van der Waals surface area (Å²) in [6.45, 7) is 2.35. The summed E-state index contributed by atoms with van der Waals surface area (Å²) in [5, 5.41) is 8.68. The van der Waals surface area contributed by atoms with Gasteiger partial charge in [-0.05, 0) is 44.4 Å². The van der Waals surface area contributed by atoms with Crippen LogP contribution < -0.4 is 0 Å². The molecule has 2 rings (SSSR count). The number of carboxylic acid groups (broad SMARTS) is 1. The van der Waals surface area contributed by atoms with E-state index in [0.717, 1.165) is 45.4 Å². The van der Waals surface area contributed by atoms with Crippen LogP contribution in [0.25, 0.3) is 0 Å². The summed E-state index contributed by atoms with van der Waals surface area (Å²) in [5.74, 6) is -0.179. The molecule has 0 aromatic carbocycles. The van der Waals surface area contributed by atoms with Crippen molar-refractivity contribution in [2.24, 2.45) is 5.92 Å². The third kappa shape index (κ3) is 4.78. The molecule has 0 aliphatic carbocycles. The lowest BCUT2D eigenvalue weighted by molar-refractivity contribution is -0.137. The summed E-state index contributed by atoms with van der Waals surface area (Å²) in [5.41, 5.74) is 0. The predicted molar refractivity (Wildman–Crippen MR) is 74.4 cm³/mol. The van der Waals surface area contributed by atoms with Crippen molar-refractivity contribution >= 4 is 11.9 Å². The van der Waals surface area contributed by atoms with Crippen LogP contribution in [0.3, 0.4) is 0 Å². The first kappa shape index (κ1) is 15.3. The monoisotopic (exact) mass is 283 g/mol. The van der Waals surface area contributed by atoms with Crippen LogP contribution >= 0.6 is 0 Å². The van der Waals surface area contributed by atoms with Gasteiger partial charge in [0.1, 0.15) is 0 Å². The van der Waals surface area contributed by atoms with E-state index in [9.17, 15) is 9.59 Å². The van der Waals surface area contributed by atoms with Crippen molar-refractivity contribution in [3.05, 3.63) is 0 Å². The Labute approximate surface area is 120 Å². The molecule has 20 heavy (non-hydrogen) atoms. The van der Waals surface area contributed by atoms with Gasteiger partial charge in [0, 0.05) is 32.5 Å². The third-order valence-electron chi connectivity index (χ3n) is 4.36. The highest BCUT2D eigenvalue weighted by atomic mass is 16.5. The molecule has 5 nitrogen and oxygen atoms in total. The standard InChI is InChI=1S/C15H25NO4/c17-14(6-5-13-3-1-2-10-20-13)16-9-8-12(11-16)4-7-15(18)19/h12-13H,1-11H2,(H,18,19). The van der Waals surface area contributed by atoms with Crippen LogP contribution in [0.1, 0.15) is 51.4 Å². The van der Waals surface area contributed by atoms with Crippen molar-refractivity contribution < 1.29 is 19.4 Å². The number of ether oxygens (including phenoxy) is 1. The van der Waals surface area contributed by atoms with E-state index in [1.165, 1.54) is 6.42 Å². The average molecular weight is 283 g/mol. The molecular formula is C15H25NO4. The number of amides is 1. The number of likely N-dealkylation sites (tertiary alicyclic amines) is 1. The van der Waals surface area contributed by atoms with E-state index in [0.29, 0.717) is 18.8 Å². The zero-order chi connectivity index (χ0) is 14.4. The van der Waals surface area contributed by atoms with E-state index in [1.54, 1.807) is 0 Å². The number of nitrogens with zero attached hydrogens (tertiary/aromatic N) is 1. The van der Waals surface area contributed by atoms with E-state index < -0.39 is 5.97 Å². The lowest BCUT2D eigenvalue weighted by atomic mass is 10.0. The highest BCUT2D eigenvalue weighted by Gasteiger charge is 2.27. The Morgan fingerprint density at radius 1 is 1.15 bits per heavy atom. The van der Waals surface area contributed by atoms with Gasteiger partial charge in [0.15, 0.2) is 0 Å². The second-order valence-corrected chi connectivity index (χ2v) is 5.95. The van der Waals surface area contributed by atoms with Gasteiger partial charge < -0.3 is 14.7 Å². The summed E-state index contributed by atoms with van der Waals surface area (Å²) in [6, 6.07) is 0. The Morgan fingerprint density at radius 2 is 2.00 bits per heavy atom. The Morgan fingerprint density at radius 3 is 2.70 bits per heavy atom. The summed E-state index contributed by atoms with van der Waals surface area (Å²) >= 11 is 0. The molecule has 114 valence electrons. The largest absolute Gasteiger partial charge is 0.481 e. The van der Waals surface area contributed by atoms with Crippen molar-refractivity contribution in [1.82, 2.24) is 4.90 Å². The number of hydrogen-bond acceptors (Lipinski definition) is 3. The van der Waals surface area contributed by atoms with Gasteiger partial charge in [-0.1, -0.05) is 0 Å². The van der Waals surface area contributed by atoms with E-state index in [-0.39, 0.29) is 18.4 Å². The molecule has 0 aromatic heterocycles. The number of carboxylic acids is 1. The van der Waals surface area contributed by atoms with E-state index in [4.69, 9.17) is 9.84 Å². The van der Waals surface area contributed by atoms with E-state index in [1.807, 2.05) is 4.90 Å². The van der Waals surface area contributed by atoms with Crippen LogP contribution in [0.4, 0.5) is 0 Å². The topological polar surface area (TPSA) is 66.8 Å². The molecule has 1 amide bonds. The molecule has 2 atom stereocenters. The summed E-state index contributed by atoms with van der Waals surface area (Å²) in [7, 11) is 0. The summed E-state index contributed by atoms with van der Waals surface area (Å²) in [6.07, 6.45) is 6.92. The van der Waals surface area contributed by atoms with Crippen LogP contribution in [-0.4, -0.2) is 47.7 Å². The fourth-order valence-electron chi connectivity index (χ4n) is 3.10. The second kappa shape index (κ2) is 7.62. The SMILES string of the molecule is O=C(O)CCC1CCN(C(=O)CCC2CCCCO2)C1. The molecule has 0 bridgehead atoms. The van der Waals surface area contributed by atoms with Crippen molar-refractivity contribution in [2.45, 2.75) is 57.5 Å². The van der Waals surface area contributed by atoms with Crippen LogP contribution in [0, 0.1) is 5.92 Å². The quantitative estimate of drug-likeness (QED) is 0.810. The van der Waals surface area contributed by atoms with Crippen LogP contribution in [0.2, 0.25) is 0 Å². The Hall–Kier alpha value is -1.10. The molecule has 0 aromatic rings. The third-order valence-corrected chi connectivity index (χ3v) is 4.36. The zero-order valence-electron chi connectivity index (χ0n) is 12.1. The second-order valence-electron chi connectivity index (χ2n) is 5.95. The summed E-state index contributed by atoms with van der Waals surface area (Å²) in [4.78, 5) is 24.6. The number of aliphatic carboxylic acids is 1. The number of rotatable bonds is 6. The molecule has 0 saturated carbocycles. The molecule has 1 N–H and O–H groups in total. The van der Waals surface area contributed by atoms with Crippen LogP contribution in [0.15, 0.2) is 0 Å². The van der Waals surface area contributed by atoms with Gasteiger partial charge in [0.05, 0.1) is 6.10 Å². The predicted octanol–water partition coefficient (Wildman–Crippen LogP) is 2.05. The van der Waals surface area contributed by atoms with Crippen LogP contribution in [-0.2, 0) is 14.3 Å². The first-order valence-electron chi connectivity index (χ1n) is 7.76. The normalized spacial score (nSPS) is 26.7. The summed E-state index contributed by atoms with van der Waals surface area (Å²) < 4.78 is 5.64. The van der Waals surface area contributed by atoms with Crippen molar-refractivity contribution in [2.75, 3.05) is 19.7 Å². The van der Waals surface area contributed by atoms with Crippen molar-refractivity contribution in [3.8, 4) is 0 Å². The highest BCUT2D eigenvalue weighted by Crippen LogP contribution is 2.23. The molecule has 2 saturated heterocycles. The smallest absolute Gasteiger partial charge is 0.303 e. The van der Waals surface area contributed by atoms with Gasteiger partial charge in [0.2, 0.25) is 5.91 Å². The molecular weight excluding hydrogens is 258 g/mol. The molecule has 2 heterocycles. The Kier molecular flexibility index (Phi) is 5.83. The molecule has 0 spiro atoms. The lowest BCUT2D eigenvalue weighted by Gasteiger charge is -2.23. The van der Waals surface area contributed by atoms with Gasteiger partial charge in [-0.2, -0.15) is 0 Å². The van der Waals surface area contributed by atoms with E-state index in [2.05, 4.69) is 0 Å². The van der Waals surface area contributed by atoms with Gasteiger partial charge in [-0.15, -0.1) is 0 Å². The van der Waals surface area contributed by atoms with Gasteiger partial charge in [-0.3, -0.25) is 9.59 Å². The first-order chi connectivity index (χ1) is 9.65. The maximum atomic E-state index is 12.1. The fourth-order valence-corrected chi connectivity index (χ4v) is 3.10. The van der Waals surface area contributed by atoms with Gasteiger partial charge >= 0.3 is 5.97 Å². The maximum Gasteiger partial charge on any atom is 0.303 e. The number of hydrogen-bond donors (Lipinski definition) is 1. The van der Waals surface area contributed by atoms with Crippen LogP contribution in [0.5, 0.6) is 0 Å². The maximum absolute atomic E-state index is 12.1. The molecule has 0 radical (unpaired) electrons. The molecule has 2 aliphatic heterocycles. The molecule has 2 aliphatic rings. The van der Waals surface area contributed by atoms with Gasteiger partial charge in [-0.25, -0.2) is 0 Å². The minimum absolute atomic E-state index is 0.206. The first-order valence-corrected chi connectivity index (χ1v) is 7.76. The number of carbonyl (C=O) groups is 2. The molecule has 2 unspecified atom stereocenters. The fraction of sp³-hybridized carbons (Fsp3) is 0.867. The minimum atomic E-state index is -0.746. The highest BCUT2D eigenvalue weighted by molar-refractivity contribution is 5.76. The van der Waals surface area contributed by atoms with Crippen molar-refractivity contribution in [1.29, 1.82) is 0 Å². The lowest BCUT2D eigenvalue weighted by Crippen LogP contribution is -2.30. The Balaban J connectivity index is 1.64. The molecule has 2 fully saturated rings. The Bertz CT molecular complexity index is 339.